The maximum atomic E-state index is 6.03. The van der Waals surface area contributed by atoms with E-state index in [1.165, 1.54) is 18.6 Å². The summed E-state index contributed by atoms with van der Waals surface area (Å²) >= 11 is 2.03. The summed E-state index contributed by atoms with van der Waals surface area (Å²) in [4.78, 5) is 0. The highest BCUT2D eigenvalue weighted by atomic mass is 32.2. The van der Waals surface area contributed by atoms with Crippen molar-refractivity contribution in [1.82, 2.24) is 0 Å². The van der Waals surface area contributed by atoms with Crippen LogP contribution in [-0.2, 0) is 0 Å². The van der Waals surface area contributed by atoms with Gasteiger partial charge in [-0.3, -0.25) is 0 Å². The number of hydrogen-bond donors (Lipinski definition) is 1. The molecule has 1 rings (SSSR count). The fraction of sp³-hybridized carbons (Fsp3) is 0.800. The first-order chi connectivity index (χ1) is 5.84. The van der Waals surface area contributed by atoms with Crippen molar-refractivity contribution in [2.45, 2.75) is 43.4 Å². The molecule has 1 aliphatic rings. The standard InChI is InChI=1S/C10H17NS/c1-2-3-4-6-9(11)10-7-5-8-12-10/h1,9-10H,3-8,11H2. The zero-order chi connectivity index (χ0) is 8.81. The van der Waals surface area contributed by atoms with Gasteiger partial charge in [-0.05, 0) is 31.4 Å². The molecule has 0 spiro atoms. The van der Waals surface area contributed by atoms with E-state index in [1.807, 2.05) is 11.8 Å². The van der Waals surface area contributed by atoms with E-state index in [0.717, 1.165) is 19.3 Å². The van der Waals surface area contributed by atoms with Gasteiger partial charge in [0.05, 0.1) is 0 Å². The van der Waals surface area contributed by atoms with Crippen molar-refractivity contribution in [3.05, 3.63) is 0 Å². The molecule has 0 aromatic heterocycles. The maximum Gasteiger partial charge on any atom is 0.0199 e. The number of terminal acetylenes is 1. The second kappa shape index (κ2) is 5.50. The first kappa shape index (κ1) is 9.95. The molecular weight excluding hydrogens is 166 g/mol. The van der Waals surface area contributed by atoms with E-state index in [2.05, 4.69) is 5.92 Å². The van der Waals surface area contributed by atoms with E-state index in [4.69, 9.17) is 12.2 Å². The highest BCUT2D eigenvalue weighted by Crippen LogP contribution is 2.29. The number of hydrogen-bond acceptors (Lipinski definition) is 2. The van der Waals surface area contributed by atoms with Gasteiger partial charge in [0, 0.05) is 17.7 Å². The Kier molecular flexibility index (Phi) is 4.57. The third kappa shape index (κ3) is 3.08. The van der Waals surface area contributed by atoms with Crippen molar-refractivity contribution in [2.75, 3.05) is 5.75 Å². The molecule has 1 nitrogen and oxygen atoms in total. The highest BCUT2D eigenvalue weighted by molar-refractivity contribution is 8.00. The molecule has 2 unspecified atom stereocenters. The van der Waals surface area contributed by atoms with Crippen LogP contribution in [0, 0.1) is 12.3 Å². The fourth-order valence-electron chi connectivity index (χ4n) is 1.57. The predicted molar refractivity (Wildman–Crippen MR) is 56.1 cm³/mol. The topological polar surface area (TPSA) is 26.0 Å². The molecule has 0 aliphatic carbocycles. The molecular formula is C10H17NS. The monoisotopic (exact) mass is 183 g/mol. The van der Waals surface area contributed by atoms with Crippen LogP contribution in [0.2, 0.25) is 0 Å². The molecule has 0 saturated carbocycles. The average molecular weight is 183 g/mol. The van der Waals surface area contributed by atoms with Gasteiger partial charge in [0.15, 0.2) is 0 Å². The molecule has 68 valence electrons. The average Bonchev–Trinajstić information content (AvgIpc) is 2.56. The van der Waals surface area contributed by atoms with Crippen LogP contribution in [0.3, 0.4) is 0 Å². The van der Waals surface area contributed by atoms with Crippen LogP contribution in [0.25, 0.3) is 0 Å². The van der Waals surface area contributed by atoms with Crippen LogP contribution >= 0.6 is 11.8 Å². The van der Waals surface area contributed by atoms with E-state index in [0.29, 0.717) is 11.3 Å². The summed E-state index contributed by atoms with van der Waals surface area (Å²) in [7, 11) is 0. The third-order valence-electron chi connectivity index (χ3n) is 2.30. The quantitative estimate of drug-likeness (QED) is 0.533. The van der Waals surface area contributed by atoms with Crippen LogP contribution in [0.15, 0.2) is 0 Å². The summed E-state index contributed by atoms with van der Waals surface area (Å²) < 4.78 is 0. The molecule has 0 bridgehead atoms. The minimum Gasteiger partial charge on any atom is -0.327 e. The Bertz CT molecular complexity index is 156. The van der Waals surface area contributed by atoms with Crippen LogP contribution in [0.5, 0.6) is 0 Å². The van der Waals surface area contributed by atoms with Crippen LogP contribution in [-0.4, -0.2) is 17.0 Å². The molecule has 2 heteroatoms. The molecule has 1 saturated heterocycles. The second-order valence-corrected chi connectivity index (χ2v) is 4.66. The maximum absolute atomic E-state index is 6.03. The van der Waals surface area contributed by atoms with Crippen LogP contribution in [0.4, 0.5) is 0 Å². The molecule has 0 amide bonds. The molecule has 1 fully saturated rings. The molecule has 0 aromatic rings. The highest BCUT2D eigenvalue weighted by Gasteiger charge is 2.21. The third-order valence-corrected chi connectivity index (χ3v) is 3.84. The second-order valence-electron chi connectivity index (χ2n) is 3.31. The Morgan fingerprint density at radius 2 is 2.50 bits per heavy atom. The van der Waals surface area contributed by atoms with Crippen molar-refractivity contribution in [2.24, 2.45) is 5.73 Å². The minimum absolute atomic E-state index is 0.380. The molecule has 0 radical (unpaired) electrons. The number of thioether (sulfide) groups is 1. The van der Waals surface area contributed by atoms with E-state index in [1.54, 1.807) is 0 Å². The van der Waals surface area contributed by atoms with E-state index in [9.17, 15) is 0 Å². The molecule has 1 heterocycles. The Morgan fingerprint density at radius 1 is 1.67 bits per heavy atom. The first-order valence-electron chi connectivity index (χ1n) is 4.65. The molecule has 1 aliphatic heterocycles. The van der Waals surface area contributed by atoms with Gasteiger partial charge < -0.3 is 5.73 Å². The Labute approximate surface area is 79.5 Å². The largest absolute Gasteiger partial charge is 0.327 e. The molecule has 2 N–H and O–H groups in total. The molecule has 12 heavy (non-hydrogen) atoms. The van der Waals surface area contributed by atoms with Crippen LogP contribution < -0.4 is 5.73 Å². The number of unbranched alkanes of at least 4 members (excludes halogenated alkanes) is 1. The zero-order valence-corrected chi connectivity index (χ0v) is 8.28. The first-order valence-corrected chi connectivity index (χ1v) is 5.70. The van der Waals surface area contributed by atoms with Gasteiger partial charge in [-0.25, -0.2) is 0 Å². The van der Waals surface area contributed by atoms with Crippen LogP contribution in [0.1, 0.15) is 32.1 Å². The Hall–Kier alpha value is -0.130. The van der Waals surface area contributed by atoms with Gasteiger partial charge in [-0.1, -0.05) is 0 Å². The minimum atomic E-state index is 0.380. The van der Waals surface area contributed by atoms with Crippen molar-refractivity contribution in [3.8, 4) is 12.3 Å². The smallest absolute Gasteiger partial charge is 0.0199 e. The van der Waals surface area contributed by atoms with E-state index < -0.39 is 0 Å². The Morgan fingerprint density at radius 3 is 3.08 bits per heavy atom. The van der Waals surface area contributed by atoms with E-state index >= 15 is 0 Å². The molecule has 0 aromatic carbocycles. The fourth-order valence-corrected chi connectivity index (χ4v) is 2.92. The lowest BCUT2D eigenvalue weighted by molar-refractivity contribution is 0.553. The number of rotatable bonds is 4. The van der Waals surface area contributed by atoms with Gasteiger partial charge in [0.25, 0.3) is 0 Å². The summed E-state index contributed by atoms with van der Waals surface area (Å²) in [6.07, 6.45) is 10.9. The molecule has 2 atom stereocenters. The Balaban J connectivity index is 2.10. The van der Waals surface area contributed by atoms with Crippen molar-refractivity contribution in [1.29, 1.82) is 0 Å². The summed E-state index contributed by atoms with van der Waals surface area (Å²) in [6, 6.07) is 0.380. The SMILES string of the molecule is C#CCCCC(N)C1CCCS1. The van der Waals surface area contributed by atoms with Gasteiger partial charge in [0.1, 0.15) is 0 Å². The van der Waals surface area contributed by atoms with Crippen molar-refractivity contribution in [3.63, 3.8) is 0 Å². The van der Waals surface area contributed by atoms with Gasteiger partial charge in [-0.15, -0.1) is 12.3 Å². The zero-order valence-electron chi connectivity index (χ0n) is 7.46. The number of nitrogens with two attached hydrogens (primary N) is 1. The summed E-state index contributed by atoms with van der Waals surface area (Å²) in [5.41, 5.74) is 6.03. The normalized spacial score (nSPS) is 25.2. The lowest BCUT2D eigenvalue weighted by Gasteiger charge is -2.17. The van der Waals surface area contributed by atoms with E-state index in [-0.39, 0.29) is 0 Å². The lowest BCUT2D eigenvalue weighted by atomic mass is 10.0. The summed E-state index contributed by atoms with van der Waals surface area (Å²) in [6.45, 7) is 0. The lowest BCUT2D eigenvalue weighted by Crippen LogP contribution is -2.30. The van der Waals surface area contributed by atoms with Gasteiger partial charge >= 0.3 is 0 Å². The van der Waals surface area contributed by atoms with Gasteiger partial charge in [0.2, 0.25) is 0 Å². The summed E-state index contributed by atoms with van der Waals surface area (Å²) in [5, 5.41) is 0.711. The predicted octanol–water partition coefficient (Wildman–Crippen LogP) is 2.01. The van der Waals surface area contributed by atoms with Gasteiger partial charge in [-0.2, -0.15) is 11.8 Å². The van der Waals surface area contributed by atoms with Crippen molar-refractivity contribution < 1.29 is 0 Å². The summed E-state index contributed by atoms with van der Waals surface area (Å²) in [5.74, 6) is 3.95. The van der Waals surface area contributed by atoms with Crippen molar-refractivity contribution >= 4 is 11.8 Å².